The largest absolute Gasteiger partial charge is 0.396 e. The first-order valence-electron chi connectivity index (χ1n) is 6.69. The fourth-order valence-corrected chi connectivity index (χ4v) is 4.24. The highest BCUT2D eigenvalue weighted by atomic mass is 16.5. The molecule has 2 heterocycles. The zero-order valence-electron chi connectivity index (χ0n) is 9.82. The fourth-order valence-electron chi connectivity index (χ4n) is 4.24. The van der Waals surface area contributed by atoms with Crippen LogP contribution in [0.2, 0.25) is 0 Å². The smallest absolute Gasteiger partial charge is 0.0751 e. The molecule has 2 aliphatic heterocycles. The molecule has 3 heteroatoms. The first-order valence-corrected chi connectivity index (χ1v) is 6.69. The van der Waals surface area contributed by atoms with Gasteiger partial charge in [-0.15, -0.1) is 0 Å². The summed E-state index contributed by atoms with van der Waals surface area (Å²) in [6.07, 6.45) is 8.50. The summed E-state index contributed by atoms with van der Waals surface area (Å²) >= 11 is 0. The number of rotatable bonds is 2. The van der Waals surface area contributed by atoms with Crippen molar-refractivity contribution in [2.75, 3.05) is 6.61 Å². The van der Waals surface area contributed by atoms with Gasteiger partial charge in [0.1, 0.15) is 0 Å². The molecule has 3 rings (SSSR count). The molecular formula is C13H22O3. The minimum absolute atomic E-state index is 0.0880. The van der Waals surface area contributed by atoms with E-state index in [0.717, 1.165) is 44.9 Å². The van der Waals surface area contributed by atoms with Gasteiger partial charge in [0.15, 0.2) is 0 Å². The van der Waals surface area contributed by atoms with E-state index in [1.54, 1.807) is 0 Å². The summed E-state index contributed by atoms with van der Waals surface area (Å²) in [7, 11) is 0. The summed E-state index contributed by atoms with van der Waals surface area (Å²) in [5, 5.41) is 20.7. The molecule has 3 nitrogen and oxygen atoms in total. The van der Waals surface area contributed by atoms with Gasteiger partial charge in [0, 0.05) is 0 Å². The van der Waals surface area contributed by atoms with E-state index in [1.807, 2.05) is 0 Å². The van der Waals surface area contributed by atoms with Crippen LogP contribution in [-0.4, -0.2) is 34.6 Å². The second kappa shape index (κ2) is 3.69. The predicted octanol–water partition coefficient (Wildman–Crippen LogP) is 1.61. The number of ether oxygens (including phenoxy) is 1. The average Bonchev–Trinajstić information content (AvgIpc) is 2.90. The molecule has 0 aromatic heterocycles. The Morgan fingerprint density at radius 1 is 1.12 bits per heavy atom. The van der Waals surface area contributed by atoms with E-state index in [0.29, 0.717) is 6.10 Å². The number of aliphatic hydroxyl groups is 2. The molecule has 3 fully saturated rings. The molecule has 0 aromatic rings. The van der Waals surface area contributed by atoms with Gasteiger partial charge in [-0.25, -0.2) is 0 Å². The Bertz CT molecular complexity index is 272. The molecule has 1 aliphatic carbocycles. The van der Waals surface area contributed by atoms with Crippen molar-refractivity contribution in [1.29, 1.82) is 0 Å². The van der Waals surface area contributed by atoms with Crippen LogP contribution in [0.25, 0.3) is 0 Å². The van der Waals surface area contributed by atoms with Gasteiger partial charge in [-0.1, -0.05) is 19.3 Å². The summed E-state index contributed by atoms with van der Waals surface area (Å²) in [4.78, 5) is 0. The molecular weight excluding hydrogens is 204 g/mol. The molecule has 3 aliphatic rings. The van der Waals surface area contributed by atoms with Crippen molar-refractivity contribution in [3.05, 3.63) is 0 Å². The molecule has 2 N–H and O–H groups in total. The minimum atomic E-state index is -0.667. The van der Waals surface area contributed by atoms with Crippen molar-refractivity contribution in [3.63, 3.8) is 0 Å². The van der Waals surface area contributed by atoms with E-state index in [2.05, 4.69) is 0 Å². The number of aliphatic hydroxyl groups excluding tert-OH is 1. The maximum Gasteiger partial charge on any atom is 0.0751 e. The third-order valence-electron chi connectivity index (χ3n) is 5.21. The van der Waals surface area contributed by atoms with E-state index in [1.165, 1.54) is 6.42 Å². The molecule has 0 amide bonds. The molecule has 3 atom stereocenters. The Labute approximate surface area is 96.8 Å². The van der Waals surface area contributed by atoms with Crippen LogP contribution in [0.15, 0.2) is 0 Å². The molecule has 1 saturated carbocycles. The lowest BCUT2D eigenvalue weighted by atomic mass is 9.59. The highest BCUT2D eigenvalue weighted by Crippen LogP contribution is 2.57. The monoisotopic (exact) mass is 226 g/mol. The van der Waals surface area contributed by atoms with Crippen molar-refractivity contribution in [1.82, 2.24) is 0 Å². The van der Waals surface area contributed by atoms with Gasteiger partial charge >= 0.3 is 0 Å². The summed E-state index contributed by atoms with van der Waals surface area (Å²) in [5.74, 6) is 0. The van der Waals surface area contributed by atoms with Crippen LogP contribution in [0.1, 0.15) is 51.4 Å². The van der Waals surface area contributed by atoms with Crippen molar-refractivity contribution < 1.29 is 14.9 Å². The topological polar surface area (TPSA) is 49.7 Å². The van der Waals surface area contributed by atoms with Gasteiger partial charge in [0.25, 0.3) is 0 Å². The quantitative estimate of drug-likeness (QED) is 0.752. The zero-order valence-corrected chi connectivity index (χ0v) is 9.82. The van der Waals surface area contributed by atoms with Gasteiger partial charge in [-0.3, -0.25) is 0 Å². The Hall–Kier alpha value is -0.120. The molecule has 0 aromatic carbocycles. The van der Waals surface area contributed by atoms with Crippen LogP contribution in [0, 0.1) is 5.41 Å². The van der Waals surface area contributed by atoms with Crippen LogP contribution in [0.5, 0.6) is 0 Å². The van der Waals surface area contributed by atoms with Crippen molar-refractivity contribution in [3.8, 4) is 0 Å². The maximum atomic E-state index is 10.9. The van der Waals surface area contributed by atoms with Crippen LogP contribution in [0.4, 0.5) is 0 Å². The summed E-state index contributed by atoms with van der Waals surface area (Å²) in [6, 6.07) is 0. The SMILES string of the molecule is OCC1(C2(O)CCCCC2)CC2CCC1O2. The molecule has 0 radical (unpaired) electrons. The van der Waals surface area contributed by atoms with Crippen LogP contribution in [-0.2, 0) is 4.74 Å². The van der Waals surface area contributed by atoms with Gasteiger partial charge < -0.3 is 14.9 Å². The minimum Gasteiger partial charge on any atom is -0.396 e. The van der Waals surface area contributed by atoms with E-state index in [-0.39, 0.29) is 18.1 Å². The van der Waals surface area contributed by atoms with Gasteiger partial charge in [-0.2, -0.15) is 0 Å². The Balaban J connectivity index is 1.89. The van der Waals surface area contributed by atoms with E-state index in [9.17, 15) is 10.2 Å². The molecule has 2 saturated heterocycles. The van der Waals surface area contributed by atoms with Crippen LogP contribution in [0.3, 0.4) is 0 Å². The highest BCUT2D eigenvalue weighted by molar-refractivity contribution is 5.11. The van der Waals surface area contributed by atoms with Crippen LogP contribution >= 0.6 is 0 Å². The van der Waals surface area contributed by atoms with E-state index < -0.39 is 5.60 Å². The third-order valence-corrected chi connectivity index (χ3v) is 5.21. The van der Waals surface area contributed by atoms with Crippen molar-refractivity contribution >= 4 is 0 Å². The van der Waals surface area contributed by atoms with Gasteiger partial charge in [0.05, 0.1) is 29.8 Å². The standard InChI is InChI=1S/C13H22O3/c14-9-12(8-10-4-5-11(12)16-10)13(15)6-2-1-3-7-13/h10-11,14-15H,1-9H2. The van der Waals surface area contributed by atoms with E-state index >= 15 is 0 Å². The fraction of sp³-hybridized carbons (Fsp3) is 1.00. The van der Waals surface area contributed by atoms with Crippen molar-refractivity contribution in [2.24, 2.45) is 5.41 Å². The van der Waals surface area contributed by atoms with Crippen LogP contribution < -0.4 is 0 Å². The lowest BCUT2D eigenvalue weighted by molar-refractivity contribution is -0.155. The zero-order chi connectivity index (χ0) is 11.2. The van der Waals surface area contributed by atoms with Gasteiger partial charge in [0.2, 0.25) is 0 Å². The second-order valence-electron chi connectivity index (χ2n) is 5.93. The maximum absolute atomic E-state index is 10.9. The first-order chi connectivity index (χ1) is 7.70. The lowest BCUT2D eigenvalue weighted by Gasteiger charge is -2.49. The molecule has 0 spiro atoms. The Morgan fingerprint density at radius 3 is 2.38 bits per heavy atom. The molecule has 3 unspecified atom stereocenters. The lowest BCUT2D eigenvalue weighted by Crippen LogP contribution is -2.56. The second-order valence-corrected chi connectivity index (χ2v) is 5.93. The Morgan fingerprint density at radius 2 is 1.88 bits per heavy atom. The Kier molecular flexibility index (Phi) is 2.54. The molecule has 16 heavy (non-hydrogen) atoms. The normalized spacial score (nSPS) is 46.1. The molecule has 2 bridgehead atoms. The average molecular weight is 226 g/mol. The van der Waals surface area contributed by atoms with E-state index in [4.69, 9.17) is 4.74 Å². The predicted molar refractivity (Wildman–Crippen MR) is 60.1 cm³/mol. The van der Waals surface area contributed by atoms with Gasteiger partial charge in [-0.05, 0) is 32.1 Å². The summed E-state index contributed by atoms with van der Waals surface area (Å²) in [5.41, 5.74) is -1.02. The number of fused-ring (bicyclic) bond motifs is 2. The first kappa shape index (κ1) is 11.0. The summed E-state index contributed by atoms with van der Waals surface area (Å²) in [6.45, 7) is 0.0880. The van der Waals surface area contributed by atoms with Crippen molar-refractivity contribution in [2.45, 2.75) is 69.2 Å². The highest BCUT2D eigenvalue weighted by Gasteiger charge is 2.62. The third kappa shape index (κ3) is 1.31. The molecule has 92 valence electrons. The number of hydrogen-bond donors (Lipinski definition) is 2. The summed E-state index contributed by atoms with van der Waals surface area (Å²) < 4.78 is 5.88. The number of hydrogen-bond acceptors (Lipinski definition) is 3.